The van der Waals surface area contributed by atoms with Gasteiger partial charge in [0.2, 0.25) is 5.91 Å². The Bertz CT molecular complexity index is 1150. The Morgan fingerprint density at radius 2 is 1.78 bits per heavy atom. The van der Waals surface area contributed by atoms with Crippen molar-refractivity contribution >= 4 is 35.9 Å². The van der Waals surface area contributed by atoms with Gasteiger partial charge in [-0.2, -0.15) is 0 Å². The zero-order valence-corrected chi connectivity index (χ0v) is 24.5. The second-order valence-electron chi connectivity index (χ2n) is 10.6. The van der Waals surface area contributed by atoms with Crippen molar-refractivity contribution < 1.29 is 23.9 Å². The lowest BCUT2D eigenvalue weighted by Gasteiger charge is -2.29. The van der Waals surface area contributed by atoms with E-state index in [4.69, 9.17) is 16.3 Å². The maximum absolute atomic E-state index is 13.3. The predicted molar refractivity (Wildman–Crippen MR) is 156 cm³/mol. The van der Waals surface area contributed by atoms with E-state index >= 15 is 0 Å². The van der Waals surface area contributed by atoms with Crippen LogP contribution in [0.15, 0.2) is 48.8 Å². The highest BCUT2D eigenvalue weighted by Gasteiger charge is 2.29. The third-order valence-corrected chi connectivity index (χ3v) is 7.50. The number of halogens is 1. The van der Waals surface area contributed by atoms with Crippen molar-refractivity contribution in [3.8, 4) is 0 Å². The SMILES string of the molecule is CN(CCc1ccncc1)C(=O)N(C)C[C@@H](C=O)NC(=O)[C@H](CC1CCCCC1)NC(=O)OCc1cccc(Cl)c1. The van der Waals surface area contributed by atoms with Crippen LogP contribution in [0, 0.1) is 5.92 Å². The van der Waals surface area contributed by atoms with E-state index in [2.05, 4.69) is 15.6 Å². The van der Waals surface area contributed by atoms with Crippen molar-refractivity contribution in [1.82, 2.24) is 25.4 Å². The van der Waals surface area contributed by atoms with Crippen LogP contribution < -0.4 is 10.6 Å². The molecule has 1 aromatic carbocycles. The average molecular weight is 586 g/mol. The molecule has 0 aliphatic heterocycles. The first-order valence-electron chi connectivity index (χ1n) is 14.0. The molecule has 0 spiro atoms. The molecule has 0 unspecified atom stereocenters. The maximum Gasteiger partial charge on any atom is 0.408 e. The summed E-state index contributed by atoms with van der Waals surface area (Å²) in [6.07, 6.45) is 9.66. The van der Waals surface area contributed by atoms with Gasteiger partial charge in [-0.15, -0.1) is 0 Å². The molecule has 4 amide bonds. The van der Waals surface area contributed by atoms with Gasteiger partial charge in [-0.1, -0.05) is 55.8 Å². The van der Waals surface area contributed by atoms with E-state index in [0.29, 0.717) is 30.7 Å². The molecule has 0 saturated heterocycles. The van der Waals surface area contributed by atoms with Gasteiger partial charge in [-0.25, -0.2) is 9.59 Å². The molecule has 1 aromatic heterocycles. The molecular weight excluding hydrogens is 546 g/mol. The first-order chi connectivity index (χ1) is 19.7. The number of hydrogen-bond donors (Lipinski definition) is 2. The quantitative estimate of drug-likeness (QED) is 0.340. The number of likely N-dealkylation sites (N-methyl/N-ethyl adjacent to an activating group) is 2. The highest BCUT2D eigenvalue weighted by atomic mass is 35.5. The van der Waals surface area contributed by atoms with Crippen molar-refractivity contribution in [3.63, 3.8) is 0 Å². The monoisotopic (exact) mass is 585 g/mol. The summed E-state index contributed by atoms with van der Waals surface area (Å²) in [5.41, 5.74) is 1.78. The lowest BCUT2D eigenvalue weighted by molar-refractivity contribution is -0.126. The second-order valence-corrected chi connectivity index (χ2v) is 11.0. The molecule has 1 saturated carbocycles. The average Bonchev–Trinajstić information content (AvgIpc) is 2.98. The predicted octanol–water partition coefficient (Wildman–Crippen LogP) is 4.21. The number of nitrogens with one attached hydrogen (secondary N) is 2. The largest absolute Gasteiger partial charge is 0.445 e. The van der Waals surface area contributed by atoms with E-state index in [1.807, 2.05) is 12.1 Å². The Morgan fingerprint density at radius 3 is 2.46 bits per heavy atom. The van der Waals surface area contributed by atoms with Gasteiger partial charge in [0.1, 0.15) is 25.0 Å². The molecular formula is C30H40ClN5O5. The van der Waals surface area contributed by atoms with Gasteiger partial charge < -0.3 is 30.0 Å². The number of nitrogens with zero attached hydrogens (tertiary/aromatic N) is 3. The molecule has 2 aromatic rings. The fourth-order valence-electron chi connectivity index (χ4n) is 4.96. The van der Waals surface area contributed by atoms with Crippen molar-refractivity contribution in [1.29, 1.82) is 0 Å². The minimum Gasteiger partial charge on any atom is -0.445 e. The Hall–Kier alpha value is -3.66. The number of aromatic nitrogens is 1. The van der Waals surface area contributed by atoms with Gasteiger partial charge in [-0.3, -0.25) is 9.78 Å². The first-order valence-corrected chi connectivity index (χ1v) is 14.4. The molecule has 2 N–H and O–H groups in total. The van der Waals surface area contributed by atoms with Crippen LogP contribution in [-0.2, 0) is 27.4 Å². The number of alkyl carbamates (subject to hydrolysis) is 1. The highest BCUT2D eigenvalue weighted by molar-refractivity contribution is 6.30. The molecule has 41 heavy (non-hydrogen) atoms. The third kappa shape index (κ3) is 11.0. The normalized spacial score (nSPS) is 14.8. The summed E-state index contributed by atoms with van der Waals surface area (Å²) >= 11 is 6.00. The summed E-state index contributed by atoms with van der Waals surface area (Å²) in [7, 11) is 3.27. The van der Waals surface area contributed by atoms with E-state index in [0.717, 1.165) is 43.2 Å². The van der Waals surface area contributed by atoms with E-state index in [9.17, 15) is 19.2 Å². The van der Waals surface area contributed by atoms with Crippen LogP contribution >= 0.6 is 11.6 Å². The van der Waals surface area contributed by atoms with Crippen LogP contribution in [0.2, 0.25) is 5.02 Å². The fourth-order valence-corrected chi connectivity index (χ4v) is 5.17. The Morgan fingerprint density at radius 1 is 1.05 bits per heavy atom. The standard InChI is InChI=1S/C30H40ClN5O5/c1-35(16-13-22-11-14-32-15-12-22)30(40)36(2)19-26(20-37)33-28(38)27(18-23-7-4-3-5-8-23)34-29(39)41-21-24-9-6-10-25(31)17-24/h6,9-12,14-15,17,20,23,26-27H,3-5,7-8,13,16,18-19,21H2,1-2H3,(H,33,38)(H,34,39)/t26-,27-/m0/s1. The lowest BCUT2D eigenvalue weighted by Crippen LogP contribution is -2.54. The summed E-state index contributed by atoms with van der Waals surface area (Å²) in [6.45, 7) is 0.474. The summed E-state index contributed by atoms with van der Waals surface area (Å²) in [6, 6.07) is 8.67. The maximum atomic E-state index is 13.3. The van der Waals surface area contributed by atoms with Gasteiger partial charge in [-0.05, 0) is 54.2 Å². The molecule has 222 valence electrons. The molecule has 1 heterocycles. The minimum atomic E-state index is -0.941. The molecule has 11 heteroatoms. The number of rotatable bonds is 13. The summed E-state index contributed by atoms with van der Waals surface area (Å²) in [5, 5.41) is 5.93. The summed E-state index contributed by atoms with van der Waals surface area (Å²) in [5.74, 6) is -0.208. The van der Waals surface area contributed by atoms with Crippen molar-refractivity contribution in [3.05, 3.63) is 64.9 Å². The topological polar surface area (TPSA) is 121 Å². The zero-order valence-electron chi connectivity index (χ0n) is 23.8. The van der Waals surface area contributed by atoms with Crippen molar-refractivity contribution in [2.24, 2.45) is 5.92 Å². The fraction of sp³-hybridized carbons (Fsp3) is 0.500. The molecule has 2 atom stereocenters. The lowest BCUT2D eigenvalue weighted by atomic mass is 9.84. The number of carbonyl (C=O) groups excluding carboxylic acids is 4. The molecule has 1 fully saturated rings. The number of amides is 4. The molecule has 3 rings (SSSR count). The van der Waals surface area contributed by atoms with Crippen LogP contribution in [0.25, 0.3) is 0 Å². The van der Waals surface area contributed by atoms with Gasteiger partial charge >= 0.3 is 12.1 Å². The Kier molecular flexibility index (Phi) is 12.9. The van der Waals surface area contributed by atoms with Crippen molar-refractivity contribution in [2.45, 2.75) is 63.6 Å². The number of ether oxygens (including phenoxy) is 1. The number of urea groups is 1. The van der Waals surface area contributed by atoms with E-state index in [1.54, 1.807) is 55.7 Å². The van der Waals surface area contributed by atoms with Crippen LogP contribution in [-0.4, -0.2) is 78.4 Å². The molecule has 0 bridgehead atoms. The molecule has 0 radical (unpaired) electrons. The first kappa shape index (κ1) is 31.9. The van der Waals surface area contributed by atoms with Gasteiger partial charge in [0, 0.05) is 44.6 Å². The van der Waals surface area contributed by atoms with Crippen LogP contribution in [0.5, 0.6) is 0 Å². The number of benzene rings is 1. The molecule has 1 aliphatic rings. The zero-order chi connectivity index (χ0) is 29.6. The summed E-state index contributed by atoms with van der Waals surface area (Å²) in [4.78, 5) is 57.7. The van der Waals surface area contributed by atoms with Crippen LogP contribution in [0.4, 0.5) is 9.59 Å². The Labute approximate surface area is 246 Å². The van der Waals surface area contributed by atoms with Crippen LogP contribution in [0.1, 0.15) is 49.7 Å². The van der Waals surface area contributed by atoms with Gasteiger partial charge in [0.15, 0.2) is 0 Å². The van der Waals surface area contributed by atoms with Crippen LogP contribution in [0.3, 0.4) is 0 Å². The smallest absolute Gasteiger partial charge is 0.408 e. The molecule has 10 nitrogen and oxygen atoms in total. The highest BCUT2D eigenvalue weighted by Crippen LogP contribution is 2.27. The number of aldehydes is 1. The summed E-state index contributed by atoms with van der Waals surface area (Å²) < 4.78 is 5.34. The van der Waals surface area contributed by atoms with E-state index in [-0.39, 0.29) is 25.1 Å². The number of pyridine rings is 1. The second kappa shape index (κ2) is 16.6. The van der Waals surface area contributed by atoms with Crippen molar-refractivity contribution in [2.75, 3.05) is 27.2 Å². The van der Waals surface area contributed by atoms with E-state index in [1.165, 1.54) is 4.90 Å². The van der Waals surface area contributed by atoms with Gasteiger partial charge in [0.25, 0.3) is 0 Å². The van der Waals surface area contributed by atoms with E-state index < -0.39 is 24.1 Å². The molecule has 1 aliphatic carbocycles. The van der Waals surface area contributed by atoms with Gasteiger partial charge in [0.05, 0.1) is 0 Å². The number of hydrogen-bond acceptors (Lipinski definition) is 6. The number of carbonyl (C=O) groups is 4. The Balaban J connectivity index is 1.55. The minimum absolute atomic E-state index is 0.00269. The third-order valence-electron chi connectivity index (χ3n) is 7.26.